The predicted octanol–water partition coefficient (Wildman–Crippen LogP) is 3.91. The number of hydrogen-bond acceptors (Lipinski definition) is 7. The number of nitrogens with one attached hydrogen (secondary N) is 1. The van der Waals surface area contributed by atoms with Crippen molar-refractivity contribution in [2.24, 2.45) is 0 Å². The fraction of sp³-hybridized carbons (Fsp3) is 0.208. The van der Waals surface area contributed by atoms with E-state index >= 15 is 0 Å². The van der Waals surface area contributed by atoms with Crippen molar-refractivity contribution in [3.63, 3.8) is 0 Å². The van der Waals surface area contributed by atoms with E-state index in [1.165, 1.54) is 4.90 Å². The molecular weight excluding hydrogens is 434 g/mol. The van der Waals surface area contributed by atoms with Gasteiger partial charge in [-0.15, -0.1) is 0 Å². The zero-order chi connectivity index (χ0) is 23.5. The number of carboxylic acid groups (broad SMARTS) is 1. The lowest BCUT2D eigenvalue weighted by Crippen LogP contribution is -2.55. The van der Waals surface area contributed by atoms with Gasteiger partial charge in [-0.25, -0.2) is 14.8 Å². The molecule has 0 radical (unpaired) electrons. The molecule has 4 aromatic rings. The van der Waals surface area contributed by atoms with E-state index in [0.717, 1.165) is 34.7 Å². The van der Waals surface area contributed by atoms with Gasteiger partial charge in [0.15, 0.2) is 0 Å². The number of amides is 1. The Kier molecular flexibility index (Phi) is 5.77. The van der Waals surface area contributed by atoms with E-state index in [4.69, 9.17) is 19.9 Å². The molecule has 1 amide bonds. The second kappa shape index (κ2) is 9.18. The van der Waals surface area contributed by atoms with Gasteiger partial charge in [0.25, 0.3) is 0 Å². The molecule has 4 heterocycles. The minimum atomic E-state index is -0.920. The molecule has 0 spiro atoms. The minimum Gasteiger partial charge on any atom is -0.487 e. The van der Waals surface area contributed by atoms with E-state index < -0.39 is 6.09 Å². The van der Waals surface area contributed by atoms with Crippen LogP contribution in [0.5, 0.6) is 5.75 Å². The maximum Gasteiger partial charge on any atom is 0.407 e. The van der Waals surface area contributed by atoms with Crippen molar-refractivity contribution in [3.8, 4) is 28.3 Å². The van der Waals surface area contributed by atoms with E-state index in [1.54, 1.807) is 18.6 Å². The number of carbonyl (C=O) groups is 1. The molecule has 2 N–H and O–H groups in total. The molecule has 0 unspecified atom stereocenters. The number of aromatic nitrogens is 5. The van der Waals surface area contributed by atoms with Crippen molar-refractivity contribution in [2.45, 2.75) is 19.6 Å². The van der Waals surface area contributed by atoms with Gasteiger partial charge in [0, 0.05) is 48.1 Å². The Morgan fingerprint density at radius 3 is 2.71 bits per heavy atom. The first-order valence-corrected chi connectivity index (χ1v) is 10.9. The van der Waals surface area contributed by atoms with Crippen molar-refractivity contribution in [1.29, 1.82) is 0 Å². The van der Waals surface area contributed by atoms with Crippen molar-refractivity contribution in [1.82, 2.24) is 29.6 Å². The highest BCUT2D eigenvalue weighted by molar-refractivity contribution is 5.78. The van der Waals surface area contributed by atoms with Crippen molar-refractivity contribution < 1.29 is 14.6 Å². The summed E-state index contributed by atoms with van der Waals surface area (Å²) in [4.78, 5) is 25.4. The largest absolute Gasteiger partial charge is 0.487 e. The number of likely N-dealkylation sites (tertiary alicyclic amines) is 1. The van der Waals surface area contributed by atoms with Crippen LogP contribution < -0.4 is 10.1 Å². The van der Waals surface area contributed by atoms with Crippen LogP contribution in [0.2, 0.25) is 0 Å². The SMILES string of the molecule is CCn1cc(-c2ccnc(Nc3ccc(OC4CN(C(=O)O)C4)cc3)n2)c(-c2cccnc2)n1. The van der Waals surface area contributed by atoms with Crippen molar-refractivity contribution >= 4 is 17.7 Å². The summed E-state index contributed by atoms with van der Waals surface area (Å²) >= 11 is 0. The second-order valence-corrected chi connectivity index (χ2v) is 7.83. The van der Waals surface area contributed by atoms with E-state index in [9.17, 15) is 4.79 Å². The number of aryl methyl sites for hydroxylation is 1. The molecule has 1 aromatic carbocycles. The van der Waals surface area contributed by atoms with Crippen LogP contribution >= 0.6 is 0 Å². The normalized spacial score (nSPS) is 13.4. The molecule has 1 aliphatic rings. The quantitative estimate of drug-likeness (QED) is 0.429. The van der Waals surface area contributed by atoms with Gasteiger partial charge in [-0.3, -0.25) is 9.67 Å². The third kappa shape index (κ3) is 4.51. The lowest BCUT2D eigenvalue weighted by atomic mass is 10.1. The summed E-state index contributed by atoms with van der Waals surface area (Å²) in [5, 5.41) is 16.8. The smallest absolute Gasteiger partial charge is 0.407 e. The molecule has 1 fully saturated rings. The van der Waals surface area contributed by atoms with Gasteiger partial charge < -0.3 is 20.1 Å². The summed E-state index contributed by atoms with van der Waals surface area (Å²) in [5.41, 5.74) is 4.20. The Labute approximate surface area is 195 Å². The Morgan fingerprint density at radius 1 is 1.18 bits per heavy atom. The number of anilines is 2. The van der Waals surface area contributed by atoms with Gasteiger partial charge in [0.05, 0.1) is 18.8 Å². The van der Waals surface area contributed by atoms with Crippen LogP contribution in [0.3, 0.4) is 0 Å². The molecule has 0 aliphatic carbocycles. The highest BCUT2D eigenvalue weighted by Gasteiger charge is 2.32. The average molecular weight is 457 g/mol. The van der Waals surface area contributed by atoms with Crippen LogP contribution in [0, 0.1) is 0 Å². The Hall–Kier alpha value is -4.47. The van der Waals surface area contributed by atoms with Crippen LogP contribution in [-0.2, 0) is 6.54 Å². The second-order valence-electron chi connectivity index (χ2n) is 7.83. The molecule has 0 bridgehead atoms. The zero-order valence-electron chi connectivity index (χ0n) is 18.5. The summed E-state index contributed by atoms with van der Waals surface area (Å²) in [6.07, 6.45) is 6.18. The molecule has 1 aliphatic heterocycles. The maximum absolute atomic E-state index is 10.9. The average Bonchev–Trinajstić information content (AvgIpc) is 3.27. The monoisotopic (exact) mass is 457 g/mol. The van der Waals surface area contributed by atoms with Gasteiger partial charge >= 0.3 is 6.09 Å². The standard InChI is InChI=1S/C24H23N7O3/c1-2-31-15-20(22(29-31)16-4-3-10-25-12-16)21-9-11-26-23(28-21)27-17-5-7-18(8-6-17)34-19-13-30(14-19)24(32)33/h3-12,15,19H,2,13-14H2,1H3,(H,32,33)(H,26,27,28). The van der Waals surface area contributed by atoms with Gasteiger partial charge in [-0.1, -0.05) is 0 Å². The topological polar surface area (TPSA) is 118 Å². The number of nitrogens with zero attached hydrogens (tertiary/aromatic N) is 6. The maximum atomic E-state index is 10.9. The van der Waals surface area contributed by atoms with E-state index in [2.05, 4.69) is 15.3 Å². The molecule has 10 nitrogen and oxygen atoms in total. The van der Waals surface area contributed by atoms with E-state index in [1.807, 2.05) is 60.3 Å². The van der Waals surface area contributed by atoms with Crippen LogP contribution in [0.4, 0.5) is 16.4 Å². The molecule has 1 saturated heterocycles. The summed E-state index contributed by atoms with van der Waals surface area (Å²) in [6, 6.07) is 13.1. The number of rotatable bonds is 7. The fourth-order valence-electron chi connectivity index (χ4n) is 3.66. The molecule has 34 heavy (non-hydrogen) atoms. The molecule has 0 saturated carbocycles. The van der Waals surface area contributed by atoms with Crippen molar-refractivity contribution in [2.75, 3.05) is 18.4 Å². The summed E-state index contributed by atoms with van der Waals surface area (Å²) in [6.45, 7) is 3.54. The highest BCUT2D eigenvalue weighted by Crippen LogP contribution is 2.30. The first kappa shape index (κ1) is 21.4. The van der Waals surface area contributed by atoms with Gasteiger partial charge in [0.1, 0.15) is 17.5 Å². The van der Waals surface area contributed by atoms with Crippen LogP contribution in [0.25, 0.3) is 22.5 Å². The molecular formula is C24H23N7O3. The Bertz CT molecular complexity index is 1290. The molecule has 172 valence electrons. The van der Waals surface area contributed by atoms with Gasteiger partial charge in [-0.05, 0) is 49.4 Å². The van der Waals surface area contributed by atoms with Crippen LogP contribution in [0.1, 0.15) is 6.92 Å². The molecule has 5 rings (SSSR count). The highest BCUT2D eigenvalue weighted by atomic mass is 16.5. The Morgan fingerprint density at radius 2 is 2.00 bits per heavy atom. The lowest BCUT2D eigenvalue weighted by molar-refractivity contribution is 0.0252. The minimum absolute atomic E-state index is 0.118. The number of benzene rings is 1. The third-order valence-electron chi connectivity index (χ3n) is 5.48. The number of pyridine rings is 1. The van der Waals surface area contributed by atoms with E-state index in [-0.39, 0.29) is 6.10 Å². The summed E-state index contributed by atoms with van der Waals surface area (Å²) < 4.78 is 7.68. The molecule has 0 atom stereocenters. The third-order valence-corrected chi connectivity index (χ3v) is 5.48. The molecule has 10 heteroatoms. The van der Waals surface area contributed by atoms with Crippen LogP contribution in [0.15, 0.2) is 67.3 Å². The van der Waals surface area contributed by atoms with Gasteiger partial charge in [-0.2, -0.15) is 5.10 Å². The van der Waals surface area contributed by atoms with Crippen LogP contribution in [-0.4, -0.2) is 60.0 Å². The summed E-state index contributed by atoms with van der Waals surface area (Å²) in [5.74, 6) is 1.15. The lowest BCUT2D eigenvalue weighted by Gasteiger charge is -2.36. The van der Waals surface area contributed by atoms with Gasteiger partial charge in [0.2, 0.25) is 5.95 Å². The zero-order valence-corrected chi connectivity index (χ0v) is 18.5. The fourth-order valence-corrected chi connectivity index (χ4v) is 3.66. The first-order valence-electron chi connectivity index (χ1n) is 10.9. The van der Waals surface area contributed by atoms with Crippen molar-refractivity contribution in [3.05, 3.63) is 67.3 Å². The Balaban J connectivity index is 1.31. The predicted molar refractivity (Wildman–Crippen MR) is 126 cm³/mol. The number of hydrogen-bond donors (Lipinski definition) is 2. The first-order chi connectivity index (χ1) is 16.6. The summed E-state index contributed by atoms with van der Waals surface area (Å²) in [7, 11) is 0. The van der Waals surface area contributed by atoms with E-state index in [0.29, 0.717) is 24.8 Å². The molecule has 3 aromatic heterocycles. The number of ether oxygens (including phenoxy) is 1.